The second-order valence-electron chi connectivity index (χ2n) is 11.1. The monoisotopic (exact) mass is 458 g/mol. The van der Waals surface area contributed by atoms with Gasteiger partial charge in [-0.25, -0.2) is 0 Å². The van der Waals surface area contributed by atoms with Crippen LogP contribution < -0.4 is 5.19 Å². The summed E-state index contributed by atoms with van der Waals surface area (Å²) < 4.78 is 0. The van der Waals surface area contributed by atoms with E-state index in [9.17, 15) is 10.2 Å². The number of phenolic OH excluding ortho intramolecular Hbond substituents is 1. The molecule has 2 aromatic rings. The Kier molecular flexibility index (Phi) is 5.74. The molecule has 0 aliphatic heterocycles. The van der Waals surface area contributed by atoms with E-state index >= 15 is 0 Å². The number of phenols is 1. The summed E-state index contributed by atoms with van der Waals surface area (Å²) in [5, 5.41) is 23.4. The van der Waals surface area contributed by atoms with Crippen LogP contribution in [0.1, 0.15) is 69.9 Å². The molecule has 5 atom stereocenters. The number of aliphatic hydroxyl groups is 1. The summed E-state index contributed by atoms with van der Waals surface area (Å²) in [5.41, 5.74) is 5.56. The average Bonchev–Trinajstić information content (AvgIpc) is 3.11. The average molecular weight is 459 g/mol. The van der Waals surface area contributed by atoms with Crippen LogP contribution in [0.2, 0.25) is 12.1 Å². The van der Waals surface area contributed by atoms with Crippen LogP contribution in [0.15, 0.2) is 48.5 Å². The first-order chi connectivity index (χ1) is 15.9. The highest BCUT2D eigenvalue weighted by molar-refractivity contribution is 6.98. The molecule has 2 nitrogen and oxygen atoms in total. The summed E-state index contributed by atoms with van der Waals surface area (Å²) in [4.78, 5) is 0. The van der Waals surface area contributed by atoms with E-state index in [1.54, 1.807) is 0 Å². The lowest BCUT2D eigenvalue weighted by molar-refractivity contribution is -0.0647. The zero-order valence-corrected chi connectivity index (χ0v) is 21.4. The van der Waals surface area contributed by atoms with Crippen LogP contribution >= 0.6 is 0 Å². The lowest BCUT2D eigenvalue weighted by atomic mass is 9.53. The van der Waals surface area contributed by atoms with Crippen molar-refractivity contribution in [2.24, 2.45) is 17.3 Å². The molecule has 2 aromatic carbocycles. The minimum absolute atomic E-state index is 0.131. The quantitative estimate of drug-likeness (QED) is 0.443. The third kappa shape index (κ3) is 3.49. The Labute approximate surface area is 200 Å². The number of benzene rings is 2. The van der Waals surface area contributed by atoms with Gasteiger partial charge in [-0.05, 0) is 96.8 Å². The van der Waals surface area contributed by atoms with Gasteiger partial charge in [0, 0.05) is 5.41 Å². The van der Waals surface area contributed by atoms with E-state index in [4.69, 9.17) is 0 Å². The van der Waals surface area contributed by atoms with E-state index in [1.165, 1.54) is 16.3 Å². The molecular weight excluding hydrogens is 420 g/mol. The number of hydrogen-bond acceptors (Lipinski definition) is 2. The third-order valence-electron chi connectivity index (χ3n) is 9.90. The molecule has 0 amide bonds. The van der Waals surface area contributed by atoms with Crippen molar-refractivity contribution in [3.05, 3.63) is 59.7 Å². The second-order valence-corrected chi connectivity index (χ2v) is 15.5. The third-order valence-corrected chi connectivity index (χ3v) is 14.4. The lowest BCUT2D eigenvalue weighted by Crippen LogP contribution is -2.51. The smallest absolute Gasteiger partial charge is 0.168 e. The first-order valence-corrected chi connectivity index (χ1v) is 15.4. The lowest BCUT2D eigenvalue weighted by Gasteiger charge is -2.52. The Morgan fingerprint density at radius 2 is 1.76 bits per heavy atom. The molecule has 0 saturated heterocycles. The van der Waals surface area contributed by atoms with Crippen molar-refractivity contribution in [3.8, 4) is 17.2 Å². The van der Waals surface area contributed by atoms with Gasteiger partial charge >= 0.3 is 0 Å². The van der Waals surface area contributed by atoms with E-state index in [2.05, 4.69) is 68.6 Å². The maximum absolute atomic E-state index is 12.1. The summed E-state index contributed by atoms with van der Waals surface area (Å²) in [7, 11) is -1.96. The number of hydrogen-bond donors (Lipinski definition) is 2. The number of rotatable bonds is 3. The Bertz CT molecular complexity index is 1080. The zero-order valence-electron chi connectivity index (χ0n) is 20.4. The zero-order chi connectivity index (χ0) is 23.3. The molecule has 2 fully saturated rings. The largest absolute Gasteiger partial charge is 0.508 e. The van der Waals surface area contributed by atoms with E-state index in [-0.39, 0.29) is 5.41 Å². The predicted octanol–water partition coefficient (Wildman–Crippen LogP) is 5.92. The van der Waals surface area contributed by atoms with Gasteiger partial charge < -0.3 is 10.2 Å². The molecule has 2 N–H and O–H groups in total. The number of fused-ring (bicyclic) bond motifs is 5. The molecule has 3 heteroatoms. The topological polar surface area (TPSA) is 40.5 Å². The van der Waals surface area contributed by atoms with Gasteiger partial charge in [0.05, 0.1) is 0 Å². The van der Waals surface area contributed by atoms with Gasteiger partial charge in [-0.1, -0.05) is 63.1 Å². The predicted molar refractivity (Wildman–Crippen MR) is 138 cm³/mol. The molecule has 0 radical (unpaired) electrons. The van der Waals surface area contributed by atoms with Crippen LogP contribution in [-0.4, -0.2) is 23.9 Å². The van der Waals surface area contributed by atoms with Gasteiger partial charge in [0.25, 0.3) is 0 Å². The van der Waals surface area contributed by atoms with Crippen LogP contribution in [0.25, 0.3) is 0 Å². The molecule has 0 heterocycles. The van der Waals surface area contributed by atoms with Crippen molar-refractivity contribution in [3.63, 3.8) is 0 Å². The van der Waals surface area contributed by atoms with Crippen molar-refractivity contribution in [1.82, 2.24) is 0 Å². The fourth-order valence-corrected chi connectivity index (χ4v) is 10.8. The van der Waals surface area contributed by atoms with Crippen molar-refractivity contribution < 1.29 is 10.2 Å². The van der Waals surface area contributed by atoms with Crippen LogP contribution in [0.3, 0.4) is 0 Å². The fourth-order valence-electron chi connectivity index (χ4n) is 7.68. The molecule has 5 rings (SSSR count). The fraction of sp³-hybridized carbons (Fsp3) is 0.533. The van der Waals surface area contributed by atoms with Gasteiger partial charge in [0.1, 0.15) is 11.4 Å². The molecule has 0 unspecified atom stereocenters. The van der Waals surface area contributed by atoms with Gasteiger partial charge in [0.15, 0.2) is 8.07 Å². The maximum atomic E-state index is 12.1. The molecule has 2 saturated carbocycles. The van der Waals surface area contributed by atoms with Gasteiger partial charge in [0.2, 0.25) is 0 Å². The first kappa shape index (κ1) is 22.8. The van der Waals surface area contributed by atoms with Crippen molar-refractivity contribution in [1.29, 1.82) is 0 Å². The van der Waals surface area contributed by atoms with Crippen LogP contribution in [0.4, 0.5) is 0 Å². The van der Waals surface area contributed by atoms with Gasteiger partial charge in [-0.15, -0.1) is 5.54 Å². The number of aryl methyl sites for hydroxylation is 1. The number of aromatic hydroxyl groups is 1. The molecule has 174 valence electrons. The summed E-state index contributed by atoms with van der Waals surface area (Å²) >= 11 is 0. The second kappa shape index (κ2) is 8.33. The molecule has 0 bridgehead atoms. The van der Waals surface area contributed by atoms with Crippen molar-refractivity contribution in [2.75, 3.05) is 0 Å². The van der Waals surface area contributed by atoms with Gasteiger partial charge in [-0.3, -0.25) is 0 Å². The maximum Gasteiger partial charge on any atom is 0.168 e. The highest BCUT2D eigenvalue weighted by Crippen LogP contribution is 2.64. The molecule has 33 heavy (non-hydrogen) atoms. The Morgan fingerprint density at radius 1 is 1.00 bits per heavy atom. The standard InChI is InChI=1S/C30H38O2Si/c1-4-33(5-2,24-9-7-6-8-10-24)20-19-30(32)18-16-28-27-13-11-22-21-23(31)12-14-25(22)26(27)15-17-29(28,30)3/h6-10,12,14,21,26-28,31-32H,4-5,11,13,15-18H2,1-3H3/t26-,27-,28+,29+,30-/m1/s1. The minimum Gasteiger partial charge on any atom is -0.508 e. The van der Waals surface area contributed by atoms with Crippen LogP contribution in [0.5, 0.6) is 5.75 Å². The van der Waals surface area contributed by atoms with E-state index in [0.29, 0.717) is 23.5 Å². The molecule has 0 spiro atoms. The van der Waals surface area contributed by atoms with E-state index in [0.717, 1.165) is 50.6 Å². The Morgan fingerprint density at radius 3 is 2.48 bits per heavy atom. The molecule has 3 aliphatic rings. The highest BCUT2D eigenvalue weighted by atomic mass is 28.3. The van der Waals surface area contributed by atoms with Crippen molar-refractivity contribution in [2.45, 2.75) is 82.9 Å². The molecule has 3 aliphatic carbocycles. The minimum atomic E-state index is -1.96. The van der Waals surface area contributed by atoms with Crippen molar-refractivity contribution >= 4 is 13.3 Å². The van der Waals surface area contributed by atoms with E-state index in [1.807, 2.05) is 12.1 Å². The van der Waals surface area contributed by atoms with Gasteiger partial charge in [-0.2, -0.15) is 0 Å². The Balaban J connectivity index is 1.47. The summed E-state index contributed by atoms with van der Waals surface area (Å²) in [6.45, 7) is 6.90. The summed E-state index contributed by atoms with van der Waals surface area (Å²) in [5.74, 6) is 5.68. The van der Waals surface area contributed by atoms with E-state index < -0.39 is 13.7 Å². The molecule has 0 aromatic heterocycles. The first-order valence-electron chi connectivity index (χ1n) is 13.0. The van der Waals surface area contributed by atoms with Crippen LogP contribution in [0, 0.1) is 28.7 Å². The summed E-state index contributed by atoms with van der Waals surface area (Å²) in [6.07, 6.45) is 6.23. The van der Waals surface area contributed by atoms with Crippen LogP contribution in [-0.2, 0) is 6.42 Å². The SMILES string of the molecule is CC[Si](C#C[C@]1(O)CC[C@H]2[C@@H]3CCc4cc(O)ccc4[C@H]3CC[C@@]21C)(CC)c1ccccc1. The Hall–Kier alpha value is -2.02. The highest BCUT2D eigenvalue weighted by Gasteiger charge is 2.61. The molecular formula is C30H38O2Si. The summed E-state index contributed by atoms with van der Waals surface area (Å²) in [6, 6.07) is 19.0. The normalized spacial score (nSPS) is 32.8.